The summed E-state index contributed by atoms with van der Waals surface area (Å²) in [5.74, 6) is 0.937. The van der Waals surface area contributed by atoms with Gasteiger partial charge in [0.05, 0.1) is 5.69 Å². The number of nitrogens with zero attached hydrogens (tertiary/aromatic N) is 5. The second-order valence-electron chi connectivity index (χ2n) is 5.23. The Labute approximate surface area is 230 Å². The average molecular weight is 1000 g/mol. The first-order chi connectivity index (χ1) is 13.8. The van der Waals surface area contributed by atoms with Crippen LogP contribution in [0.4, 0.5) is 0 Å². The molecule has 4 rings (SSSR count). The van der Waals surface area contributed by atoms with Crippen molar-refractivity contribution in [3.05, 3.63) is 62.8 Å². The van der Waals surface area contributed by atoms with E-state index in [2.05, 4.69) is 94.4 Å². The third-order valence-electron chi connectivity index (χ3n) is 3.57. The molecule has 4 aromatic heterocycles. The molecule has 0 unspecified atom stereocenters. The zero-order valence-corrected chi connectivity index (χ0v) is 27.4. The molecule has 29 heavy (non-hydrogen) atoms. The number of imidazole rings is 2. The summed E-state index contributed by atoms with van der Waals surface area (Å²) < 4.78 is 3.37. The van der Waals surface area contributed by atoms with Crippen molar-refractivity contribution >= 4 is 109 Å². The van der Waals surface area contributed by atoms with Gasteiger partial charge in [-0.05, 0) is 20.8 Å². The number of rotatable bonds is 0. The summed E-state index contributed by atoms with van der Waals surface area (Å²) in [6.07, 6.45) is 6.59. The fourth-order valence-electron chi connectivity index (χ4n) is 2.53. The Hall–Kier alpha value is 1.27. The van der Waals surface area contributed by atoms with Gasteiger partial charge in [0.25, 0.3) is 0 Å². The van der Waals surface area contributed by atoms with Crippen molar-refractivity contribution in [1.29, 1.82) is 0 Å². The van der Waals surface area contributed by atoms with Crippen LogP contribution in [0.1, 0.15) is 17.2 Å². The molecule has 14 heteroatoms. The summed E-state index contributed by atoms with van der Waals surface area (Å²) in [5.41, 5.74) is 3.01. The fraction of sp³-hybridized carbons (Fsp3) is 0.200. The standard InChI is InChI=1S/C8H8ClN3.C7H6ClN3O.I3.I2/c1-5-7-8(9)10-3-4-12(7)6(2)11-5;1-4-5-6(8)9-2-3-11(5)7(12)10-4;1-3-2;1-2/h3-4H,1-2H3;2-3H,1H3,(H,10,12);;/q;;-1;. The van der Waals surface area contributed by atoms with E-state index in [-0.39, 0.29) is 5.69 Å². The second-order valence-corrected chi connectivity index (χ2v) is 22.2. The number of nitrogens with one attached hydrogen (secondary N) is 1. The van der Waals surface area contributed by atoms with Crippen LogP contribution < -0.4 is 18.9 Å². The van der Waals surface area contributed by atoms with Crippen LogP contribution in [0, 0.1) is 20.8 Å². The maximum atomic E-state index is 11.2. The molecule has 0 aliphatic heterocycles. The predicted octanol–water partition coefficient (Wildman–Crippen LogP) is 3.53. The van der Waals surface area contributed by atoms with Crippen molar-refractivity contribution in [3.63, 3.8) is 0 Å². The number of hydrogen-bond donors (Lipinski definition) is 1. The van der Waals surface area contributed by atoms with Crippen molar-refractivity contribution in [1.82, 2.24) is 28.7 Å². The van der Waals surface area contributed by atoms with Crippen molar-refractivity contribution < 1.29 is 13.3 Å². The molecule has 0 aliphatic carbocycles. The van der Waals surface area contributed by atoms with Gasteiger partial charge in [-0.2, -0.15) is 0 Å². The molecular weight excluding hydrogens is 986 g/mol. The van der Waals surface area contributed by atoms with E-state index in [1.807, 2.05) is 24.4 Å². The van der Waals surface area contributed by atoms with Crippen LogP contribution in [-0.4, -0.2) is 28.7 Å². The van der Waals surface area contributed by atoms with E-state index in [1.54, 1.807) is 19.3 Å². The van der Waals surface area contributed by atoms with Gasteiger partial charge in [0.15, 0.2) is 10.3 Å². The zero-order chi connectivity index (χ0) is 22.1. The quantitative estimate of drug-likeness (QED) is 0.274. The van der Waals surface area contributed by atoms with Crippen LogP contribution in [0.15, 0.2) is 29.6 Å². The first-order valence-corrected chi connectivity index (χ1v) is 27.1. The normalized spacial score (nSPS) is 9.97. The van der Waals surface area contributed by atoms with Crippen LogP contribution in [0.2, 0.25) is 10.3 Å². The van der Waals surface area contributed by atoms with Gasteiger partial charge in [-0.3, -0.25) is 8.80 Å². The monoisotopic (exact) mass is 999 g/mol. The Balaban J connectivity index is 0.000000238. The molecule has 0 aliphatic rings. The van der Waals surface area contributed by atoms with Crippen LogP contribution in [0.25, 0.3) is 11.0 Å². The zero-order valence-electron chi connectivity index (χ0n) is 15.1. The van der Waals surface area contributed by atoms with E-state index < -0.39 is 0 Å². The molecule has 160 valence electrons. The topological polar surface area (TPSA) is 80.3 Å². The van der Waals surface area contributed by atoms with E-state index in [1.165, 1.54) is 10.6 Å². The Morgan fingerprint density at radius 1 is 0.966 bits per heavy atom. The molecule has 0 saturated heterocycles. The third kappa shape index (κ3) is 7.67. The van der Waals surface area contributed by atoms with Gasteiger partial charge in [0.2, 0.25) is 0 Å². The van der Waals surface area contributed by atoms with Crippen LogP contribution >= 0.6 is 97.7 Å². The minimum absolute atomic E-state index is 0.188. The predicted molar refractivity (Wildman–Crippen MR) is 149 cm³/mol. The molecule has 0 fully saturated rings. The van der Waals surface area contributed by atoms with Gasteiger partial charge in [-0.1, -0.05) is 23.2 Å². The minimum atomic E-state index is -0.188. The summed E-state index contributed by atoms with van der Waals surface area (Å²) in [6, 6.07) is 0. The average Bonchev–Trinajstić information content (AvgIpc) is 3.15. The summed E-state index contributed by atoms with van der Waals surface area (Å²) in [4.78, 5) is 26.0. The summed E-state index contributed by atoms with van der Waals surface area (Å²) in [5, 5.41) is 0.851. The Bertz CT molecular complexity index is 1130. The molecule has 0 radical (unpaired) electrons. The van der Waals surface area contributed by atoms with Gasteiger partial charge in [-0.15, -0.1) is 0 Å². The first kappa shape index (κ1) is 28.3. The van der Waals surface area contributed by atoms with Crippen molar-refractivity contribution in [3.8, 4) is 0 Å². The molecular formula is C15H14Cl2I5N6O-. The second kappa shape index (κ2) is 14.4. The maximum absolute atomic E-state index is 11.2. The Kier molecular flexibility index (Phi) is 14.1. The summed E-state index contributed by atoms with van der Waals surface area (Å²) in [6.45, 7) is 5.65. The number of fused-ring (bicyclic) bond motifs is 2. The van der Waals surface area contributed by atoms with Gasteiger partial charge in [-0.25, -0.2) is 19.7 Å². The summed E-state index contributed by atoms with van der Waals surface area (Å²) in [7, 11) is 0. The molecule has 4 aromatic rings. The number of hydrogen-bond acceptors (Lipinski definition) is 4. The molecule has 1 N–H and O–H groups in total. The van der Waals surface area contributed by atoms with E-state index in [4.69, 9.17) is 23.2 Å². The number of aryl methyl sites for hydroxylation is 3. The van der Waals surface area contributed by atoms with Crippen LogP contribution in [0.3, 0.4) is 0 Å². The number of aromatic nitrogens is 6. The van der Waals surface area contributed by atoms with Gasteiger partial charge in [0, 0.05) is 67.7 Å². The molecule has 0 aromatic carbocycles. The summed E-state index contributed by atoms with van der Waals surface area (Å²) >= 11 is 21.2. The van der Waals surface area contributed by atoms with Crippen molar-refractivity contribution in [2.45, 2.75) is 20.8 Å². The molecule has 7 nitrogen and oxygen atoms in total. The van der Waals surface area contributed by atoms with E-state index in [9.17, 15) is 4.79 Å². The molecule has 0 bridgehead atoms. The molecule has 0 amide bonds. The number of halogens is 7. The molecule has 4 heterocycles. The van der Waals surface area contributed by atoms with Gasteiger partial charge >= 0.3 is 56.2 Å². The van der Waals surface area contributed by atoms with E-state index >= 15 is 0 Å². The van der Waals surface area contributed by atoms with E-state index in [0.717, 1.165) is 22.7 Å². The van der Waals surface area contributed by atoms with Gasteiger partial charge in [0.1, 0.15) is 16.9 Å². The van der Waals surface area contributed by atoms with E-state index in [0.29, 0.717) is 29.1 Å². The van der Waals surface area contributed by atoms with Gasteiger partial charge < -0.3 is 4.98 Å². The Morgan fingerprint density at radius 3 is 1.93 bits per heavy atom. The van der Waals surface area contributed by atoms with Crippen molar-refractivity contribution in [2.75, 3.05) is 0 Å². The number of aromatic amines is 1. The number of H-pyrrole nitrogens is 1. The van der Waals surface area contributed by atoms with Crippen molar-refractivity contribution in [2.24, 2.45) is 0 Å². The Morgan fingerprint density at radius 2 is 1.45 bits per heavy atom. The van der Waals surface area contributed by atoms with Crippen LogP contribution in [0.5, 0.6) is 0 Å². The molecule has 0 spiro atoms. The first-order valence-electron chi connectivity index (χ1n) is 7.50. The SMILES string of the molecule is Cc1[nH]c(=O)n2ccnc(Cl)c12.Cc1nc(C)n2ccnc(Cl)c12.II.I[I-]I. The fourth-order valence-corrected chi connectivity index (χ4v) is 3.10. The molecule has 0 saturated carbocycles. The van der Waals surface area contributed by atoms with Crippen LogP contribution in [-0.2, 0) is 0 Å². The molecule has 0 atom stereocenters. The third-order valence-corrected chi connectivity index (χ3v) is 4.12.